The molecule has 0 saturated carbocycles. The Morgan fingerprint density at radius 2 is 1.75 bits per heavy atom. The first-order valence-corrected chi connectivity index (χ1v) is 7.35. The van der Waals surface area contributed by atoms with E-state index in [9.17, 15) is 4.79 Å². The van der Waals surface area contributed by atoms with E-state index in [-0.39, 0.29) is 5.91 Å². The lowest BCUT2D eigenvalue weighted by atomic mass is 9.78. The number of carbonyl (C=O) groups excluding carboxylic acids is 1. The highest BCUT2D eigenvalue weighted by molar-refractivity contribution is 9.10. The van der Waals surface area contributed by atoms with Crippen LogP contribution in [-0.4, -0.2) is 24.2 Å². The van der Waals surface area contributed by atoms with Crippen LogP contribution in [0.3, 0.4) is 0 Å². The van der Waals surface area contributed by atoms with Crippen LogP contribution in [0, 0.1) is 0 Å². The van der Waals surface area contributed by atoms with Crippen LogP contribution in [0.4, 0.5) is 5.69 Å². The Hall–Kier alpha value is -0.845. The van der Waals surface area contributed by atoms with Gasteiger partial charge in [0.05, 0.1) is 16.9 Å². The van der Waals surface area contributed by atoms with Gasteiger partial charge in [0.25, 0.3) is 0 Å². The molecule has 1 aliphatic heterocycles. The number of carbonyl (C=O) groups is 1. The van der Waals surface area contributed by atoms with Crippen molar-refractivity contribution in [2.45, 2.75) is 45.8 Å². The van der Waals surface area contributed by atoms with Gasteiger partial charge < -0.3 is 14.6 Å². The van der Waals surface area contributed by atoms with Crippen LogP contribution in [0.25, 0.3) is 0 Å². The van der Waals surface area contributed by atoms with E-state index in [1.54, 1.807) is 0 Å². The van der Waals surface area contributed by atoms with Crippen molar-refractivity contribution in [1.82, 2.24) is 0 Å². The van der Waals surface area contributed by atoms with Gasteiger partial charge in [-0.25, -0.2) is 0 Å². The standard InChI is InChI=1S/C14H19BBrNO3/c1-9(18)17-12-10(7-6-8-11(12)16)15-19-13(2,3)14(4,5)20-15/h6-8H,1-5H3,(H,17,18). The summed E-state index contributed by atoms with van der Waals surface area (Å²) >= 11 is 3.45. The first kappa shape index (κ1) is 15.5. The van der Waals surface area contributed by atoms with E-state index in [1.165, 1.54) is 6.92 Å². The SMILES string of the molecule is CC(=O)Nc1c(Br)cccc1B1OC(C)(C)C(C)(C)O1. The maximum Gasteiger partial charge on any atom is 0.497 e. The van der Waals surface area contributed by atoms with Gasteiger partial charge in [0.1, 0.15) is 0 Å². The Bertz CT molecular complexity index is 529. The van der Waals surface area contributed by atoms with E-state index in [2.05, 4.69) is 21.2 Å². The van der Waals surface area contributed by atoms with Gasteiger partial charge in [-0.1, -0.05) is 12.1 Å². The zero-order valence-electron chi connectivity index (χ0n) is 12.4. The van der Waals surface area contributed by atoms with Gasteiger partial charge in [0.2, 0.25) is 5.91 Å². The molecule has 2 rings (SSSR count). The van der Waals surface area contributed by atoms with Crippen molar-refractivity contribution in [1.29, 1.82) is 0 Å². The summed E-state index contributed by atoms with van der Waals surface area (Å²) in [6.07, 6.45) is 0. The van der Waals surface area contributed by atoms with E-state index in [4.69, 9.17) is 9.31 Å². The molecule has 20 heavy (non-hydrogen) atoms. The summed E-state index contributed by atoms with van der Waals surface area (Å²) in [5.41, 5.74) is 0.688. The Kier molecular flexibility index (Phi) is 4.02. The first-order valence-electron chi connectivity index (χ1n) is 6.56. The molecule has 0 aliphatic carbocycles. The highest BCUT2D eigenvalue weighted by Gasteiger charge is 2.52. The molecule has 1 saturated heterocycles. The van der Waals surface area contributed by atoms with Gasteiger partial charge in [-0.3, -0.25) is 4.79 Å². The summed E-state index contributed by atoms with van der Waals surface area (Å²) in [5.74, 6) is -0.130. The van der Waals surface area contributed by atoms with Crippen LogP contribution in [0.15, 0.2) is 22.7 Å². The lowest BCUT2D eigenvalue weighted by Gasteiger charge is -2.32. The van der Waals surface area contributed by atoms with Crippen LogP contribution in [0.5, 0.6) is 0 Å². The Morgan fingerprint density at radius 1 is 1.20 bits per heavy atom. The number of hydrogen-bond acceptors (Lipinski definition) is 3. The summed E-state index contributed by atoms with van der Waals surface area (Å²) in [6.45, 7) is 9.49. The number of benzene rings is 1. The molecular formula is C14H19BBrNO3. The first-order chi connectivity index (χ1) is 9.14. The number of para-hydroxylation sites is 1. The third-order valence-electron chi connectivity index (χ3n) is 3.85. The molecule has 1 fully saturated rings. The third kappa shape index (κ3) is 2.78. The highest BCUT2D eigenvalue weighted by atomic mass is 79.9. The largest absolute Gasteiger partial charge is 0.497 e. The molecule has 0 radical (unpaired) electrons. The fourth-order valence-electron chi connectivity index (χ4n) is 2.02. The van der Waals surface area contributed by atoms with Crippen LogP contribution < -0.4 is 10.8 Å². The van der Waals surface area contributed by atoms with Crippen molar-refractivity contribution < 1.29 is 14.1 Å². The Balaban J connectivity index is 2.40. The van der Waals surface area contributed by atoms with Gasteiger partial charge in [-0.15, -0.1) is 0 Å². The Labute approximate surface area is 128 Å². The van der Waals surface area contributed by atoms with Gasteiger partial charge in [-0.05, 0) is 49.7 Å². The molecule has 1 aromatic carbocycles. The van der Waals surface area contributed by atoms with Crippen molar-refractivity contribution in [2.75, 3.05) is 5.32 Å². The molecule has 0 spiro atoms. The maximum absolute atomic E-state index is 11.4. The number of halogens is 1. The summed E-state index contributed by atoms with van der Waals surface area (Å²) in [6, 6.07) is 5.67. The highest BCUT2D eigenvalue weighted by Crippen LogP contribution is 2.37. The predicted molar refractivity (Wildman–Crippen MR) is 84.2 cm³/mol. The lowest BCUT2D eigenvalue weighted by molar-refractivity contribution is -0.114. The Morgan fingerprint density at radius 3 is 2.25 bits per heavy atom. The molecular weight excluding hydrogens is 321 g/mol. The van der Waals surface area contributed by atoms with Crippen molar-refractivity contribution in [3.8, 4) is 0 Å². The quantitative estimate of drug-likeness (QED) is 0.843. The molecule has 1 aliphatic rings. The number of rotatable bonds is 2. The molecule has 0 bridgehead atoms. The summed E-state index contributed by atoms with van der Waals surface area (Å²) in [7, 11) is -0.501. The molecule has 108 valence electrons. The molecule has 4 nitrogen and oxygen atoms in total. The molecule has 6 heteroatoms. The smallest absolute Gasteiger partial charge is 0.399 e. The molecule has 0 atom stereocenters. The molecule has 1 aromatic rings. The number of nitrogens with one attached hydrogen (secondary N) is 1. The predicted octanol–water partition coefficient (Wildman–Crippen LogP) is 2.71. The van der Waals surface area contributed by atoms with E-state index in [0.29, 0.717) is 5.69 Å². The minimum Gasteiger partial charge on any atom is -0.399 e. The molecule has 1 N–H and O–H groups in total. The third-order valence-corrected chi connectivity index (χ3v) is 4.51. The monoisotopic (exact) mass is 339 g/mol. The van der Waals surface area contributed by atoms with E-state index in [1.807, 2.05) is 45.9 Å². The minimum absolute atomic E-state index is 0.130. The molecule has 1 amide bonds. The summed E-state index contributed by atoms with van der Waals surface area (Å²) in [4.78, 5) is 11.4. The van der Waals surface area contributed by atoms with E-state index < -0.39 is 18.3 Å². The summed E-state index contributed by atoms with van der Waals surface area (Å²) in [5, 5.41) is 2.83. The number of hydrogen-bond donors (Lipinski definition) is 1. The average Bonchev–Trinajstić information content (AvgIpc) is 2.50. The number of amides is 1. The lowest BCUT2D eigenvalue weighted by Crippen LogP contribution is -2.41. The summed E-state index contributed by atoms with van der Waals surface area (Å²) < 4.78 is 12.9. The van der Waals surface area contributed by atoms with Gasteiger partial charge in [0, 0.05) is 16.9 Å². The van der Waals surface area contributed by atoms with Gasteiger partial charge >= 0.3 is 7.12 Å². The van der Waals surface area contributed by atoms with Crippen molar-refractivity contribution >= 4 is 40.1 Å². The molecule has 1 heterocycles. The zero-order valence-corrected chi connectivity index (χ0v) is 14.0. The fourth-order valence-corrected chi connectivity index (χ4v) is 2.50. The van der Waals surface area contributed by atoms with Gasteiger partial charge in [-0.2, -0.15) is 0 Å². The van der Waals surface area contributed by atoms with Crippen molar-refractivity contribution in [3.63, 3.8) is 0 Å². The number of anilines is 1. The fraction of sp³-hybridized carbons (Fsp3) is 0.500. The average molecular weight is 340 g/mol. The maximum atomic E-state index is 11.4. The second-order valence-corrected chi connectivity index (χ2v) is 6.83. The van der Waals surface area contributed by atoms with E-state index in [0.717, 1.165) is 9.94 Å². The van der Waals surface area contributed by atoms with Crippen LogP contribution in [0.1, 0.15) is 34.6 Å². The van der Waals surface area contributed by atoms with Crippen LogP contribution in [0.2, 0.25) is 0 Å². The van der Waals surface area contributed by atoms with E-state index >= 15 is 0 Å². The minimum atomic E-state index is -0.501. The normalized spacial score (nSPS) is 20.0. The second kappa shape index (κ2) is 5.17. The topological polar surface area (TPSA) is 47.6 Å². The zero-order chi connectivity index (χ0) is 15.1. The van der Waals surface area contributed by atoms with Crippen LogP contribution >= 0.6 is 15.9 Å². The van der Waals surface area contributed by atoms with Crippen molar-refractivity contribution in [2.24, 2.45) is 0 Å². The van der Waals surface area contributed by atoms with Gasteiger partial charge in [0.15, 0.2) is 0 Å². The molecule has 0 unspecified atom stereocenters. The van der Waals surface area contributed by atoms with Crippen LogP contribution in [-0.2, 0) is 14.1 Å². The van der Waals surface area contributed by atoms with Crippen molar-refractivity contribution in [3.05, 3.63) is 22.7 Å². The molecule has 0 aromatic heterocycles. The second-order valence-electron chi connectivity index (χ2n) is 5.97.